The molecule has 0 saturated heterocycles. The lowest BCUT2D eigenvalue weighted by molar-refractivity contribution is 0.467. The number of hydrogen-bond donors (Lipinski definition) is 1. The molecule has 13 heavy (non-hydrogen) atoms. The molecule has 0 aliphatic carbocycles. The van der Waals surface area contributed by atoms with Crippen molar-refractivity contribution in [3.63, 3.8) is 0 Å². The highest BCUT2D eigenvalue weighted by Gasteiger charge is 2.00. The summed E-state index contributed by atoms with van der Waals surface area (Å²) in [6.45, 7) is 0.185. The van der Waals surface area contributed by atoms with E-state index >= 15 is 0 Å². The molecule has 1 aromatic carbocycles. The number of hydrogen-bond acceptors (Lipinski definition) is 4. The second kappa shape index (κ2) is 4.70. The molecule has 68 valence electrons. The van der Waals surface area contributed by atoms with Crippen molar-refractivity contribution in [2.24, 2.45) is 4.99 Å². The fourth-order valence-corrected chi connectivity index (χ4v) is 1.36. The first kappa shape index (κ1) is 9.84. The number of benzene rings is 1. The number of carbonyl (C=O) groups excluding carboxylic acids is 1. The number of aliphatic imine (C=N–C) groups is 1. The second-order valence-electron chi connectivity index (χ2n) is 2.40. The Morgan fingerprint density at radius 1 is 1.62 bits per heavy atom. The van der Waals surface area contributed by atoms with Crippen LogP contribution in [0.4, 0.5) is 0 Å². The van der Waals surface area contributed by atoms with E-state index in [2.05, 4.69) is 4.99 Å². The van der Waals surface area contributed by atoms with E-state index in [1.54, 1.807) is 23.9 Å². The average Bonchev–Trinajstić information content (AvgIpc) is 2.16. The summed E-state index contributed by atoms with van der Waals surface area (Å²) in [5.74, 6) is 0.172. The minimum Gasteiger partial charge on any atom is -0.508 e. The van der Waals surface area contributed by atoms with E-state index < -0.39 is 0 Å². The molecule has 0 spiro atoms. The molecule has 0 unspecified atom stereocenters. The number of nitrogens with zero attached hydrogens (tertiary/aromatic N) is 1. The van der Waals surface area contributed by atoms with Crippen LogP contribution in [0.15, 0.2) is 28.1 Å². The molecule has 0 aliphatic rings. The monoisotopic (exact) mass is 195 g/mol. The van der Waals surface area contributed by atoms with Crippen LogP contribution in [0.2, 0.25) is 0 Å². The summed E-state index contributed by atoms with van der Waals surface area (Å²) < 4.78 is 0. The largest absolute Gasteiger partial charge is 0.508 e. The van der Waals surface area contributed by atoms with E-state index in [4.69, 9.17) is 0 Å². The normalized spacial score (nSPS) is 9.31. The van der Waals surface area contributed by atoms with Crippen molar-refractivity contribution in [2.75, 3.05) is 6.26 Å². The van der Waals surface area contributed by atoms with E-state index in [0.29, 0.717) is 5.56 Å². The van der Waals surface area contributed by atoms with Crippen molar-refractivity contribution >= 4 is 17.8 Å². The quantitative estimate of drug-likeness (QED) is 0.455. The van der Waals surface area contributed by atoms with Gasteiger partial charge in [0.1, 0.15) is 5.75 Å². The first-order valence-electron chi connectivity index (χ1n) is 3.67. The van der Waals surface area contributed by atoms with Gasteiger partial charge in [-0.15, -0.1) is 11.8 Å². The molecule has 1 aromatic rings. The maximum atomic E-state index is 9.84. The summed E-state index contributed by atoms with van der Waals surface area (Å²) in [5, 5.41) is 9.45. The summed E-state index contributed by atoms with van der Waals surface area (Å²) in [5.41, 5.74) is 0.640. The van der Waals surface area contributed by atoms with Crippen molar-refractivity contribution in [1.29, 1.82) is 0 Å². The Hall–Kier alpha value is -1.25. The third kappa shape index (κ3) is 2.61. The molecular weight excluding hydrogens is 186 g/mol. The topological polar surface area (TPSA) is 49.7 Å². The van der Waals surface area contributed by atoms with Crippen LogP contribution in [-0.4, -0.2) is 17.4 Å². The van der Waals surface area contributed by atoms with E-state index in [9.17, 15) is 9.90 Å². The van der Waals surface area contributed by atoms with Gasteiger partial charge in [0.15, 0.2) is 0 Å². The van der Waals surface area contributed by atoms with E-state index in [0.717, 1.165) is 4.90 Å². The zero-order valence-electron chi connectivity index (χ0n) is 7.15. The van der Waals surface area contributed by atoms with Gasteiger partial charge < -0.3 is 5.11 Å². The molecule has 1 rings (SSSR count). The molecule has 0 amide bonds. The van der Waals surface area contributed by atoms with Crippen LogP contribution in [0, 0.1) is 0 Å². The van der Waals surface area contributed by atoms with Crippen molar-refractivity contribution in [1.82, 2.24) is 0 Å². The zero-order valence-corrected chi connectivity index (χ0v) is 7.97. The van der Waals surface area contributed by atoms with Crippen molar-refractivity contribution in [3.05, 3.63) is 23.8 Å². The highest BCUT2D eigenvalue weighted by molar-refractivity contribution is 7.98. The summed E-state index contributed by atoms with van der Waals surface area (Å²) in [6, 6.07) is 5.28. The molecule has 1 N–H and O–H groups in total. The van der Waals surface area contributed by atoms with Crippen molar-refractivity contribution < 1.29 is 9.90 Å². The lowest BCUT2D eigenvalue weighted by Gasteiger charge is -2.02. The van der Waals surface area contributed by atoms with E-state index in [1.165, 1.54) is 6.08 Å². The number of rotatable bonds is 3. The smallest absolute Gasteiger partial charge is 0.235 e. The minimum atomic E-state index is 0.172. The molecule has 0 fully saturated rings. The van der Waals surface area contributed by atoms with Crippen LogP contribution in [0.1, 0.15) is 5.56 Å². The Labute approximate surface area is 80.5 Å². The van der Waals surface area contributed by atoms with E-state index in [1.807, 2.05) is 12.3 Å². The van der Waals surface area contributed by atoms with Crippen LogP contribution in [0.5, 0.6) is 5.75 Å². The molecule has 4 heteroatoms. The Bertz CT molecular complexity index is 345. The molecule has 0 aromatic heterocycles. The van der Waals surface area contributed by atoms with Gasteiger partial charge in [-0.05, 0) is 18.4 Å². The summed E-state index contributed by atoms with van der Waals surface area (Å²) >= 11 is 1.55. The number of phenolic OH excluding ortho intramolecular Hbond substituents is 1. The Kier molecular flexibility index (Phi) is 3.55. The Morgan fingerprint density at radius 3 is 2.92 bits per heavy atom. The fourth-order valence-electron chi connectivity index (χ4n) is 0.922. The van der Waals surface area contributed by atoms with Crippen LogP contribution in [0.3, 0.4) is 0 Å². The average molecular weight is 195 g/mol. The lowest BCUT2D eigenvalue weighted by Crippen LogP contribution is -1.82. The van der Waals surface area contributed by atoms with Gasteiger partial charge in [0.25, 0.3) is 0 Å². The first-order valence-corrected chi connectivity index (χ1v) is 4.90. The highest BCUT2D eigenvalue weighted by Crippen LogP contribution is 2.24. The summed E-state index contributed by atoms with van der Waals surface area (Å²) in [7, 11) is 0. The molecule has 0 radical (unpaired) electrons. The van der Waals surface area contributed by atoms with Gasteiger partial charge in [-0.25, -0.2) is 9.79 Å². The van der Waals surface area contributed by atoms with Crippen LogP contribution < -0.4 is 0 Å². The van der Waals surface area contributed by atoms with Crippen LogP contribution in [0.25, 0.3) is 0 Å². The number of thioether (sulfide) groups is 1. The van der Waals surface area contributed by atoms with Gasteiger partial charge in [0, 0.05) is 10.5 Å². The van der Waals surface area contributed by atoms with Crippen LogP contribution in [-0.2, 0) is 11.3 Å². The number of phenols is 1. The zero-order chi connectivity index (χ0) is 9.68. The van der Waals surface area contributed by atoms with E-state index in [-0.39, 0.29) is 12.3 Å². The molecule has 3 nitrogen and oxygen atoms in total. The van der Waals surface area contributed by atoms with Gasteiger partial charge in [-0.2, -0.15) is 0 Å². The molecule has 0 saturated carbocycles. The molecule has 0 bridgehead atoms. The van der Waals surface area contributed by atoms with Gasteiger partial charge in [-0.1, -0.05) is 6.07 Å². The lowest BCUT2D eigenvalue weighted by atomic mass is 10.2. The van der Waals surface area contributed by atoms with Gasteiger partial charge in [-0.3, -0.25) is 0 Å². The van der Waals surface area contributed by atoms with Crippen molar-refractivity contribution in [2.45, 2.75) is 11.4 Å². The predicted molar refractivity (Wildman–Crippen MR) is 51.7 cm³/mol. The summed E-state index contributed by atoms with van der Waals surface area (Å²) in [6.07, 6.45) is 3.36. The standard InChI is InChI=1S/C9H9NO2S/c1-13-8-3-2-7(5-10-6-11)9(12)4-8/h2-4,12H,5H2,1H3. The highest BCUT2D eigenvalue weighted by atomic mass is 32.2. The van der Waals surface area contributed by atoms with Gasteiger partial charge in [0.2, 0.25) is 6.08 Å². The SMILES string of the molecule is CSc1ccc(CN=C=O)c(O)c1. The molecule has 0 aliphatic heterocycles. The van der Waals surface area contributed by atoms with Gasteiger partial charge in [0.05, 0.1) is 6.54 Å². The minimum absolute atomic E-state index is 0.172. The Balaban J connectivity index is 2.91. The maximum Gasteiger partial charge on any atom is 0.235 e. The molecule has 0 heterocycles. The number of isocyanates is 1. The Morgan fingerprint density at radius 2 is 2.38 bits per heavy atom. The summed E-state index contributed by atoms with van der Waals surface area (Å²) in [4.78, 5) is 14.2. The third-order valence-electron chi connectivity index (χ3n) is 1.61. The molecular formula is C9H9NO2S. The maximum absolute atomic E-state index is 9.84. The fraction of sp³-hybridized carbons (Fsp3) is 0.222. The van der Waals surface area contributed by atoms with Crippen LogP contribution >= 0.6 is 11.8 Å². The molecule has 0 atom stereocenters. The second-order valence-corrected chi connectivity index (χ2v) is 3.28. The number of aromatic hydroxyl groups is 1. The van der Waals surface area contributed by atoms with Crippen molar-refractivity contribution in [3.8, 4) is 5.75 Å². The first-order chi connectivity index (χ1) is 6.27. The van der Waals surface area contributed by atoms with Gasteiger partial charge >= 0.3 is 0 Å². The third-order valence-corrected chi connectivity index (χ3v) is 2.33. The predicted octanol–water partition coefficient (Wildman–Crippen LogP) is 1.95.